The molecule has 0 spiro atoms. The zero-order valence-electron chi connectivity index (χ0n) is 10.7. The van der Waals surface area contributed by atoms with Gasteiger partial charge in [-0.1, -0.05) is 28.1 Å². The Hall–Kier alpha value is -0.493. The summed E-state index contributed by atoms with van der Waals surface area (Å²) in [5.74, 6) is 0. The molecule has 2 nitrogen and oxygen atoms in total. The molecule has 2 aromatic rings. The molecule has 0 aliphatic rings. The lowest BCUT2D eigenvalue weighted by atomic mass is 10.1. The lowest BCUT2D eigenvalue weighted by molar-refractivity contribution is 0.239. The minimum absolute atomic E-state index is 0.0373. The van der Waals surface area contributed by atoms with Gasteiger partial charge in [-0.25, -0.2) is 4.98 Å². The molecule has 0 amide bonds. The summed E-state index contributed by atoms with van der Waals surface area (Å²) in [6.07, 6.45) is 1.80. The van der Waals surface area contributed by atoms with E-state index in [9.17, 15) is 0 Å². The highest BCUT2D eigenvalue weighted by atomic mass is 79.9. The molecule has 1 aromatic heterocycles. The fraction of sp³-hybridized carbons (Fsp3) is 0.308. The molecule has 0 saturated carbocycles. The molecule has 1 unspecified atom stereocenters. The SMILES string of the molecule is C[Si](C)(C)OC(c1ccc(Br)cc1)c1nccs1. The lowest BCUT2D eigenvalue weighted by Crippen LogP contribution is -2.28. The van der Waals surface area contributed by atoms with Gasteiger partial charge in [0.05, 0.1) is 0 Å². The predicted molar refractivity (Wildman–Crippen MR) is 82.5 cm³/mol. The Balaban J connectivity index is 2.33. The molecular weight excluding hydrogens is 326 g/mol. The van der Waals surface area contributed by atoms with Gasteiger partial charge >= 0.3 is 0 Å². The molecule has 18 heavy (non-hydrogen) atoms. The molecule has 1 aromatic carbocycles. The number of rotatable bonds is 4. The van der Waals surface area contributed by atoms with Gasteiger partial charge in [-0.05, 0) is 37.3 Å². The summed E-state index contributed by atoms with van der Waals surface area (Å²) in [6.45, 7) is 6.60. The Bertz CT molecular complexity index is 493. The van der Waals surface area contributed by atoms with E-state index < -0.39 is 8.32 Å². The first-order chi connectivity index (χ1) is 8.46. The molecule has 96 valence electrons. The fourth-order valence-corrected chi connectivity index (χ4v) is 3.61. The van der Waals surface area contributed by atoms with Gasteiger partial charge in [0.1, 0.15) is 11.1 Å². The minimum Gasteiger partial charge on any atom is -0.404 e. The highest BCUT2D eigenvalue weighted by Crippen LogP contribution is 2.31. The standard InChI is InChI=1S/C13H16BrNOSSi/c1-18(2,3)16-12(13-15-8-9-17-13)10-4-6-11(14)7-5-10/h4-9,12H,1-3H3. The highest BCUT2D eigenvalue weighted by molar-refractivity contribution is 9.10. The topological polar surface area (TPSA) is 22.1 Å². The van der Waals surface area contributed by atoms with Gasteiger partial charge in [0.2, 0.25) is 0 Å². The van der Waals surface area contributed by atoms with Crippen LogP contribution in [0.4, 0.5) is 0 Å². The van der Waals surface area contributed by atoms with Gasteiger partial charge in [0.25, 0.3) is 0 Å². The molecule has 0 aliphatic heterocycles. The molecule has 5 heteroatoms. The second-order valence-corrected chi connectivity index (χ2v) is 11.3. The number of hydrogen-bond acceptors (Lipinski definition) is 3. The summed E-state index contributed by atoms with van der Waals surface area (Å²) in [5, 5.41) is 3.02. The van der Waals surface area contributed by atoms with Crippen LogP contribution < -0.4 is 0 Å². The Morgan fingerprint density at radius 1 is 1.22 bits per heavy atom. The number of thiazole rings is 1. The third kappa shape index (κ3) is 3.75. The third-order valence-corrected chi connectivity index (χ3v) is 4.61. The Morgan fingerprint density at radius 3 is 2.39 bits per heavy atom. The van der Waals surface area contributed by atoms with E-state index >= 15 is 0 Å². The predicted octanol–water partition coefficient (Wildman–Crippen LogP) is 4.85. The van der Waals surface area contributed by atoms with Crippen molar-refractivity contribution < 1.29 is 4.43 Å². The molecule has 0 fully saturated rings. The van der Waals surface area contributed by atoms with E-state index in [1.807, 2.05) is 23.7 Å². The van der Waals surface area contributed by atoms with Gasteiger partial charge in [0.15, 0.2) is 8.32 Å². The van der Waals surface area contributed by atoms with Crippen LogP contribution in [0.3, 0.4) is 0 Å². The summed E-state index contributed by atoms with van der Waals surface area (Å²) >= 11 is 5.10. The molecule has 0 radical (unpaired) electrons. The summed E-state index contributed by atoms with van der Waals surface area (Å²) in [7, 11) is -1.62. The average molecular weight is 342 g/mol. The van der Waals surface area contributed by atoms with E-state index in [1.165, 1.54) is 0 Å². The summed E-state index contributed by atoms with van der Waals surface area (Å²) in [5.41, 5.74) is 1.16. The van der Waals surface area contributed by atoms with Crippen molar-refractivity contribution in [3.63, 3.8) is 0 Å². The smallest absolute Gasteiger partial charge is 0.185 e. The van der Waals surface area contributed by atoms with Crippen molar-refractivity contribution in [2.75, 3.05) is 0 Å². The zero-order valence-corrected chi connectivity index (χ0v) is 14.1. The van der Waals surface area contributed by atoms with E-state index in [4.69, 9.17) is 4.43 Å². The molecular formula is C13H16BrNOSSi. The Labute approximate surface area is 121 Å². The van der Waals surface area contributed by atoms with E-state index in [0.717, 1.165) is 15.0 Å². The van der Waals surface area contributed by atoms with Crippen molar-refractivity contribution in [3.05, 3.63) is 50.9 Å². The van der Waals surface area contributed by atoms with Gasteiger partial charge in [-0.3, -0.25) is 0 Å². The largest absolute Gasteiger partial charge is 0.404 e. The van der Waals surface area contributed by atoms with Gasteiger partial charge in [0, 0.05) is 16.0 Å². The van der Waals surface area contributed by atoms with Crippen LogP contribution in [0.2, 0.25) is 19.6 Å². The van der Waals surface area contributed by atoms with Crippen molar-refractivity contribution in [1.29, 1.82) is 0 Å². The Morgan fingerprint density at radius 2 is 1.89 bits per heavy atom. The second-order valence-electron chi connectivity index (χ2n) is 5.03. The molecule has 0 bridgehead atoms. The van der Waals surface area contributed by atoms with Crippen LogP contribution in [0.25, 0.3) is 0 Å². The van der Waals surface area contributed by atoms with E-state index in [2.05, 4.69) is 52.7 Å². The van der Waals surface area contributed by atoms with Crippen LogP contribution in [0.1, 0.15) is 16.7 Å². The molecule has 0 aliphatic carbocycles. The van der Waals surface area contributed by atoms with Crippen molar-refractivity contribution in [1.82, 2.24) is 4.98 Å². The zero-order chi connectivity index (χ0) is 13.2. The maximum Gasteiger partial charge on any atom is 0.185 e. The van der Waals surface area contributed by atoms with Crippen LogP contribution in [-0.2, 0) is 4.43 Å². The van der Waals surface area contributed by atoms with E-state index in [0.29, 0.717) is 0 Å². The highest BCUT2D eigenvalue weighted by Gasteiger charge is 2.25. The van der Waals surface area contributed by atoms with Crippen molar-refractivity contribution in [3.8, 4) is 0 Å². The van der Waals surface area contributed by atoms with Crippen LogP contribution in [0.5, 0.6) is 0 Å². The van der Waals surface area contributed by atoms with Crippen LogP contribution in [0, 0.1) is 0 Å². The van der Waals surface area contributed by atoms with Crippen LogP contribution in [0.15, 0.2) is 40.3 Å². The van der Waals surface area contributed by atoms with Crippen molar-refractivity contribution in [2.24, 2.45) is 0 Å². The maximum absolute atomic E-state index is 6.28. The van der Waals surface area contributed by atoms with Crippen LogP contribution in [-0.4, -0.2) is 13.3 Å². The third-order valence-electron chi connectivity index (χ3n) is 2.32. The lowest BCUT2D eigenvalue weighted by Gasteiger charge is -2.25. The van der Waals surface area contributed by atoms with E-state index in [-0.39, 0.29) is 6.10 Å². The number of aromatic nitrogens is 1. The normalized spacial score (nSPS) is 13.6. The van der Waals surface area contributed by atoms with Gasteiger partial charge in [-0.2, -0.15) is 0 Å². The number of hydrogen-bond donors (Lipinski definition) is 0. The van der Waals surface area contributed by atoms with Crippen LogP contribution >= 0.6 is 27.3 Å². The number of nitrogens with zero attached hydrogens (tertiary/aromatic N) is 1. The van der Waals surface area contributed by atoms with Crippen molar-refractivity contribution >= 4 is 35.6 Å². The van der Waals surface area contributed by atoms with Gasteiger partial charge < -0.3 is 4.43 Å². The second kappa shape index (κ2) is 5.65. The summed E-state index contributed by atoms with van der Waals surface area (Å²) < 4.78 is 7.36. The van der Waals surface area contributed by atoms with Gasteiger partial charge in [-0.15, -0.1) is 11.3 Å². The molecule has 1 atom stereocenters. The van der Waals surface area contributed by atoms with E-state index in [1.54, 1.807) is 11.3 Å². The average Bonchev–Trinajstić information content (AvgIpc) is 2.79. The Kier molecular flexibility index (Phi) is 4.37. The monoisotopic (exact) mass is 341 g/mol. The van der Waals surface area contributed by atoms with Crippen molar-refractivity contribution in [2.45, 2.75) is 25.7 Å². The first-order valence-electron chi connectivity index (χ1n) is 5.78. The maximum atomic E-state index is 6.28. The summed E-state index contributed by atoms with van der Waals surface area (Å²) in [4.78, 5) is 4.40. The molecule has 1 heterocycles. The first kappa shape index (κ1) is 13.9. The molecule has 2 rings (SSSR count). The number of halogens is 1. The quantitative estimate of drug-likeness (QED) is 0.741. The molecule has 0 N–H and O–H groups in total. The number of benzene rings is 1. The molecule has 0 saturated heterocycles. The minimum atomic E-state index is -1.62. The first-order valence-corrected chi connectivity index (χ1v) is 10.9. The fourth-order valence-electron chi connectivity index (χ4n) is 1.62. The summed E-state index contributed by atoms with van der Waals surface area (Å²) in [6, 6.07) is 8.28.